The number of nitrogens with one attached hydrogen (secondary N) is 1. The van der Waals surface area contributed by atoms with Crippen molar-refractivity contribution in [2.45, 2.75) is 0 Å². The van der Waals surface area contributed by atoms with Crippen molar-refractivity contribution < 1.29 is 0 Å². The van der Waals surface area contributed by atoms with E-state index in [0.29, 0.717) is 10.0 Å². The minimum Gasteiger partial charge on any atom is -0.313 e. The van der Waals surface area contributed by atoms with Gasteiger partial charge in [0.05, 0.1) is 11.2 Å². The molecule has 0 fully saturated rings. The predicted octanol–water partition coefficient (Wildman–Crippen LogP) is 2.55. The van der Waals surface area contributed by atoms with Gasteiger partial charge in [-0.25, -0.2) is 0 Å². The highest BCUT2D eigenvalue weighted by atomic mass is 35.5. The van der Waals surface area contributed by atoms with Crippen LogP contribution in [0.3, 0.4) is 0 Å². The SMILES string of the molecule is CNN=Cc1ccc(Cl)cc1Cl. The Bertz CT molecular complexity index is 297. The fraction of sp³-hybridized carbons (Fsp3) is 0.125. The average molecular weight is 203 g/mol. The highest BCUT2D eigenvalue weighted by Gasteiger charge is 1.96. The van der Waals surface area contributed by atoms with Crippen molar-refractivity contribution in [1.29, 1.82) is 0 Å². The van der Waals surface area contributed by atoms with Gasteiger partial charge in [0, 0.05) is 17.6 Å². The largest absolute Gasteiger partial charge is 0.313 e. The normalized spacial score (nSPS) is 10.6. The van der Waals surface area contributed by atoms with E-state index in [1.54, 1.807) is 25.4 Å². The third kappa shape index (κ3) is 2.40. The van der Waals surface area contributed by atoms with E-state index in [9.17, 15) is 0 Å². The number of hydrogen-bond donors (Lipinski definition) is 1. The molecule has 0 radical (unpaired) electrons. The Balaban J connectivity index is 2.94. The Morgan fingerprint density at radius 3 is 2.75 bits per heavy atom. The van der Waals surface area contributed by atoms with Gasteiger partial charge < -0.3 is 5.43 Å². The summed E-state index contributed by atoms with van der Waals surface area (Å²) in [4.78, 5) is 0. The zero-order valence-electron chi connectivity index (χ0n) is 6.51. The number of rotatable bonds is 2. The molecule has 0 saturated carbocycles. The van der Waals surface area contributed by atoms with Gasteiger partial charge in [-0.05, 0) is 12.1 Å². The zero-order valence-corrected chi connectivity index (χ0v) is 8.02. The van der Waals surface area contributed by atoms with E-state index in [1.165, 1.54) is 0 Å². The second-order valence-electron chi connectivity index (χ2n) is 2.15. The molecular weight excluding hydrogens is 195 g/mol. The van der Waals surface area contributed by atoms with Gasteiger partial charge in [0.25, 0.3) is 0 Å². The molecule has 1 N–H and O–H groups in total. The van der Waals surface area contributed by atoms with Gasteiger partial charge in [-0.1, -0.05) is 29.3 Å². The smallest absolute Gasteiger partial charge is 0.0555 e. The number of nitrogens with zero attached hydrogens (tertiary/aromatic N) is 1. The third-order valence-electron chi connectivity index (χ3n) is 1.30. The Labute approximate surface area is 81.2 Å². The van der Waals surface area contributed by atoms with E-state index < -0.39 is 0 Å². The molecule has 0 aromatic heterocycles. The molecule has 64 valence electrons. The van der Waals surface area contributed by atoms with Crippen molar-refractivity contribution in [2.75, 3.05) is 7.05 Å². The zero-order chi connectivity index (χ0) is 8.97. The van der Waals surface area contributed by atoms with E-state index in [2.05, 4.69) is 10.5 Å². The monoisotopic (exact) mass is 202 g/mol. The Hall–Kier alpha value is -0.730. The maximum Gasteiger partial charge on any atom is 0.0555 e. The quantitative estimate of drug-likeness (QED) is 0.579. The first kappa shape index (κ1) is 9.36. The molecule has 1 aromatic carbocycles. The summed E-state index contributed by atoms with van der Waals surface area (Å²) in [5.74, 6) is 0. The van der Waals surface area contributed by atoms with Gasteiger partial charge in [-0.3, -0.25) is 0 Å². The van der Waals surface area contributed by atoms with Crippen molar-refractivity contribution in [3.63, 3.8) is 0 Å². The molecule has 0 amide bonds. The van der Waals surface area contributed by atoms with Crippen molar-refractivity contribution in [1.82, 2.24) is 5.43 Å². The van der Waals surface area contributed by atoms with Gasteiger partial charge in [-0.15, -0.1) is 0 Å². The molecule has 0 bridgehead atoms. The van der Waals surface area contributed by atoms with E-state index >= 15 is 0 Å². The van der Waals surface area contributed by atoms with Crippen LogP contribution in [0.25, 0.3) is 0 Å². The third-order valence-corrected chi connectivity index (χ3v) is 1.86. The lowest BCUT2D eigenvalue weighted by Gasteiger charge is -1.97. The van der Waals surface area contributed by atoms with Crippen LogP contribution in [0.5, 0.6) is 0 Å². The molecule has 0 aliphatic rings. The van der Waals surface area contributed by atoms with Gasteiger partial charge in [0.15, 0.2) is 0 Å². The lowest BCUT2D eigenvalue weighted by atomic mass is 10.2. The summed E-state index contributed by atoms with van der Waals surface area (Å²) in [6.07, 6.45) is 1.64. The molecular formula is C8H8Cl2N2. The predicted molar refractivity (Wildman–Crippen MR) is 53.1 cm³/mol. The molecule has 4 heteroatoms. The minimum atomic E-state index is 0.599. The average Bonchev–Trinajstić information content (AvgIpc) is 2.03. The first-order chi connectivity index (χ1) is 5.74. The molecule has 12 heavy (non-hydrogen) atoms. The molecule has 0 aliphatic carbocycles. The minimum absolute atomic E-state index is 0.599. The molecule has 0 heterocycles. The van der Waals surface area contributed by atoms with Gasteiger partial charge in [0.2, 0.25) is 0 Å². The van der Waals surface area contributed by atoms with Gasteiger partial charge in [0.1, 0.15) is 0 Å². The molecule has 0 saturated heterocycles. The summed E-state index contributed by atoms with van der Waals surface area (Å²) in [5, 5.41) is 5.06. The van der Waals surface area contributed by atoms with Gasteiger partial charge >= 0.3 is 0 Å². The van der Waals surface area contributed by atoms with Crippen LogP contribution < -0.4 is 5.43 Å². The number of halogens is 2. The Morgan fingerprint density at radius 1 is 1.42 bits per heavy atom. The van der Waals surface area contributed by atoms with E-state index in [1.807, 2.05) is 6.07 Å². The van der Waals surface area contributed by atoms with E-state index in [0.717, 1.165) is 5.56 Å². The number of hydrogen-bond acceptors (Lipinski definition) is 2. The summed E-state index contributed by atoms with van der Waals surface area (Å²) < 4.78 is 0. The Morgan fingerprint density at radius 2 is 2.17 bits per heavy atom. The van der Waals surface area contributed by atoms with Crippen LogP contribution >= 0.6 is 23.2 Å². The van der Waals surface area contributed by atoms with Crippen LogP contribution in [-0.4, -0.2) is 13.3 Å². The van der Waals surface area contributed by atoms with E-state index in [-0.39, 0.29) is 0 Å². The molecule has 0 aliphatic heterocycles. The van der Waals surface area contributed by atoms with Crippen molar-refractivity contribution >= 4 is 29.4 Å². The first-order valence-electron chi connectivity index (χ1n) is 3.39. The first-order valence-corrected chi connectivity index (χ1v) is 4.14. The van der Waals surface area contributed by atoms with Crippen LogP contribution in [-0.2, 0) is 0 Å². The van der Waals surface area contributed by atoms with Crippen LogP contribution in [0.4, 0.5) is 0 Å². The van der Waals surface area contributed by atoms with Gasteiger partial charge in [-0.2, -0.15) is 5.10 Å². The molecule has 0 spiro atoms. The maximum absolute atomic E-state index is 5.86. The fourth-order valence-electron chi connectivity index (χ4n) is 0.740. The second-order valence-corrected chi connectivity index (χ2v) is 2.99. The maximum atomic E-state index is 5.86. The number of benzene rings is 1. The summed E-state index contributed by atoms with van der Waals surface area (Å²) in [7, 11) is 1.72. The van der Waals surface area contributed by atoms with Crippen molar-refractivity contribution in [2.24, 2.45) is 5.10 Å². The summed E-state index contributed by atoms with van der Waals surface area (Å²) in [5.41, 5.74) is 3.48. The second kappa shape index (κ2) is 4.33. The van der Waals surface area contributed by atoms with Crippen LogP contribution in [0.2, 0.25) is 10.0 Å². The highest BCUT2D eigenvalue weighted by molar-refractivity contribution is 6.36. The summed E-state index contributed by atoms with van der Waals surface area (Å²) >= 11 is 11.6. The van der Waals surface area contributed by atoms with Crippen LogP contribution in [0.1, 0.15) is 5.56 Å². The molecule has 2 nitrogen and oxygen atoms in total. The lowest BCUT2D eigenvalue weighted by molar-refractivity contribution is 0.908. The lowest BCUT2D eigenvalue weighted by Crippen LogP contribution is -1.94. The van der Waals surface area contributed by atoms with Crippen LogP contribution in [0.15, 0.2) is 23.3 Å². The standard InChI is InChI=1S/C8H8Cl2N2/c1-11-12-5-6-2-3-7(9)4-8(6)10/h2-5,11H,1H3. The van der Waals surface area contributed by atoms with Crippen molar-refractivity contribution in [3.8, 4) is 0 Å². The van der Waals surface area contributed by atoms with Crippen LogP contribution in [0, 0.1) is 0 Å². The summed E-state index contributed by atoms with van der Waals surface area (Å²) in [6.45, 7) is 0. The fourth-order valence-corrected chi connectivity index (χ4v) is 1.20. The highest BCUT2D eigenvalue weighted by Crippen LogP contribution is 2.19. The number of hydrazone groups is 1. The molecule has 0 atom stereocenters. The molecule has 0 unspecified atom stereocenters. The van der Waals surface area contributed by atoms with Crippen molar-refractivity contribution in [3.05, 3.63) is 33.8 Å². The molecule has 1 rings (SSSR count). The Kier molecular flexibility index (Phi) is 3.38. The summed E-state index contributed by atoms with van der Waals surface area (Å²) in [6, 6.07) is 5.26. The van der Waals surface area contributed by atoms with E-state index in [4.69, 9.17) is 23.2 Å². The molecule has 1 aromatic rings. The topological polar surface area (TPSA) is 24.4 Å².